The molecule has 2 aromatic rings. The summed E-state index contributed by atoms with van der Waals surface area (Å²) in [7, 11) is 0. The highest BCUT2D eigenvalue weighted by atomic mass is 32.2. The first-order valence-corrected chi connectivity index (χ1v) is 9.42. The van der Waals surface area contributed by atoms with Gasteiger partial charge in [-0.15, -0.1) is 11.8 Å². The highest BCUT2D eigenvalue weighted by Crippen LogP contribution is 2.20. The largest absolute Gasteiger partial charge is 0.465 e. The molecule has 0 amide bonds. The molecule has 0 aliphatic rings. The predicted molar refractivity (Wildman–Crippen MR) is 94.8 cm³/mol. The molecule has 0 aliphatic carbocycles. The maximum Gasteiger partial charge on any atom is 0.306 e. The number of rotatable bonds is 10. The van der Waals surface area contributed by atoms with Crippen LogP contribution in [0.2, 0.25) is 0 Å². The maximum absolute atomic E-state index is 11.8. The third-order valence-corrected chi connectivity index (χ3v) is 4.96. The number of aromatic nitrogens is 2. The quantitative estimate of drug-likeness (QED) is 0.471. The molecule has 0 bridgehead atoms. The number of nitrogens with zero attached hydrogens (tertiary/aromatic N) is 2. The molecule has 0 saturated heterocycles. The Morgan fingerprint density at radius 3 is 3.04 bits per heavy atom. The van der Waals surface area contributed by atoms with E-state index in [-0.39, 0.29) is 5.97 Å². The normalized spacial score (nSPS) is 12.4. The number of unbranched alkanes of at least 4 members (excludes halogenated alkanes) is 1. The lowest BCUT2D eigenvalue weighted by Crippen LogP contribution is -2.14. The van der Waals surface area contributed by atoms with Crippen molar-refractivity contribution < 1.29 is 9.53 Å². The molecule has 2 rings (SSSR count). The third-order valence-electron chi connectivity index (χ3n) is 3.97. The van der Waals surface area contributed by atoms with Crippen LogP contribution in [0.15, 0.2) is 35.6 Å². The van der Waals surface area contributed by atoms with Gasteiger partial charge in [-0.2, -0.15) is 0 Å². The highest BCUT2D eigenvalue weighted by molar-refractivity contribution is 7.99. The molecule has 4 nitrogen and oxygen atoms in total. The summed E-state index contributed by atoms with van der Waals surface area (Å²) >= 11 is 1.67. The fourth-order valence-electron chi connectivity index (χ4n) is 2.41. The van der Waals surface area contributed by atoms with Crippen molar-refractivity contribution in [2.45, 2.75) is 50.8 Å². The van der Waals surface area contributed by atoms with Crippen LogP contribution in [0, 0.1) is 5.92 Å². The molecule has 23 heavy (non-hydrogen) atoms. The summed E-state index contributed by atoms with van der Waals surface area (Å²) in [5.41, 5.74) is 0.930. The molecule has 126 valence electrons. The smallest absolute Gasteiger partial charge is 0.306 e. The van der Waals surface area contributed by atoms with Crippen molar-refractivity contribution >= 4 is 23.4 Å². The molecule has 5 heteroatoms. The molecule has 0 spiro atoms. The summed E-state index contributed by atoms with van der Waals surface area (Å²) in [6.07, 6.45) is 10.8. The highest BCUT2D eigenvalue weighted by Gasteiger charge is 2.10. The molecule has 0 aromatic carbocycles. The molecule has 2 heterocycles. The van der Waals surface area contributed by atoms with Gasteiger partial charge in [-0.25, -0.2) is 4.98 Å². The predicted octanol–water partition coefficient (Wildman–Crippen LogP) is 4.58. The first kappa shape index (κ1) is 17.9. The van der Waals surface area contributed by atoms with Crippen LogP contribution < -0.4 is 0 Å². The van der Waals surface area contributed by atoms with Crippen molar-refractivity contribution in [3.8, 4) is 0 Å². The lowest BCUT2D eigenvalue weighted by atomic mass is 10.0. The number of ether oxygens (including phenoxy) is 1. The van der Waals surface area contributed by atoms with Gasteiger partial charge < -0.3 is 9.14 Å². The van der Waals surface area contributed by atoms with Crippen LogP contribution in [-0.2, 0) is 9.53 Å². The zero-order valence-corrected chi connectivity index (χ0v) is 14.8. The number of carbonyl (C=O) groups is 1. The Bertz CT molecular complexity index is 612. The number of esters is 1. The second-order valence-corrected chi connectivity index (χ2v) is 6.92. The molecule has 0 aliphatic heterocycles. The number of thioether (sulfide) groups is 1. The molecule has 1 unspecified atom stereocenters. The zero-order valence-electron chi connectivity index (χ0n) is 14.0. The Kier molecular flexibility index (Phi) is 7.46. The monoisotopic (exact) mass is 334 g/mol. The third kappa shape index (κ3) is 5.90. The Morgan fingerprint density at radius 1 is 1.39 bits per heavy atom. The average Bonchev–Trinajstić information content (AvgIpc) is 3.03. The molecule has 0 radical (unpaired) electrons. The van der Waals surface area contributed by atoms with E-state index in [0.717, 1.165) is 29.1 Å². The lowest BCUT2D eigenvalue weighted by molar-refractivity contribution is -0.144. The number of hydrogen-bond donors (Lipinski definition) is 0. The van der Waals surface area contributed by atoms with Gasteiger partial charge in [-0.05, 0) is 24.5 Å². The van der Waals surface area contributed by atoms with Gasteiger partial charge in [0.15, 0.2) is 0 Å². The van der Waals surface area contributed by atoms with Crippen LogP contribution in [-0.4, -0.2) is 27.7 Å². The summed E-state index contributed by atoms with van der Waals surface area (Å²) in [5.74, 6) is 1.16. The second kappa shape index (κ2) is 9.60. The number of carbonyl (C=O) groups excluding carboxylic acids is 1. The summed E-state index contributed by atoms with van der Waals surface area (Å²) in [5, 5.41) is 0. The number of hydrogen-bond acceptors (Lipinski definition) is 4. The maximum atomic E-state index is 11.8. The molecule has 0 saturated carbocycles. The van der Waals surface area contributed by atoms with Crippen LogP contribution in [0.25, 0.3) is 5.65 Å². The van der Waals surface area contributed by atoms with Crippen LogP contribution in [0.4, 0.5) is 0 Å². The number of imidazole rings is 1. The van der Waals surface area contributed by atoms with E-state index in [1.54, 1.807) is 18.0 Å². The standard InChI is InChI=1S/C18H26N2O2S/c1-3-5-6-15(4-2)14-22-18(21)8-12-23-16-7-10-20-11-9-19-17(20)13-16/h7,9-11,13,15H,3-6,8,12,14H2,1-2H3. The zero-order chi connectivity index (χ0) is 16.5. The SMILES string of the molecule is CCCCC(CC)COC(=O)CCSc1ccn2ccnc2c1. The fourth-order valence-corrected chi connectivity index (χ4v) is 3.26. The van der Waals surface area contributed by atoms with E-state index in [1.165, 1.54) is 12.8 Å². The van der Waals surface area contributed by atoms with Crippen LogP contribution in [0.3, 0.4) is 0 Å². The van der Waals surface area contributed by atoms with Crippen molar-refractivity contribution in [2.24, 2.45) is 5.92 Å². The summed E-state index contributed by atoms with van der Waals surface area (Å²) in [6.45, 7) is 4.92. The Morgan fingerprint density at radius 2 is 2.26 bits per heavy atom. The van der Waals surface area contributed by atoms with E-state index in [2.05, 4.69) is 18.8 Å². The van der Waals surface area contributed by atoms with Gasteiger partial charge in [0, 0.05) is 29.2 Å². The van der Waals surface area contributed by atoms with E-state index in [0.29, 0.717) is 18.9 Å². The van der Waals surface area contributed by atoms with Gasteiger partial charge in [0.1, 0.15) is 5.65 Å². The van der Waals surface area contributed by atoms with Gasteiger partial charge in [0.25, 0.3) is 0 Å². The van der Waals surface area contributed by atoms with E-state index in [1.807, 2.05) is 28.9 Å². The van der Waals surface area contributed by atoms with Gasteiger partial charge in [0.2, 0.25) is 0 Å². The van der Waals surface area contributed by atoms with E-state index in [4.69, 9.17) is 4.74 Å². The summed E-state index contributed by atoms with van der Waals surface area (Å²) in [4.78, 5) is 17.2. The first-order valence-electron chi connectivity index (χ1n) is 8.44. The Labute approximate surface area is 142 Å². The lowest BCUT2D eigenvalue weighted by Gasteiger charge is -2.14. The van der Waals surface area contributed by atoms with E-state index >= 15 is 0 Å². The van der Waals surface area contributed by atoms with Crippen molar-refractivity contribution in [3.05, 3.63) is 30.7 Å². The summed E-state index contributed by atoms with van der Waals surface area (Å²) < 4.78 is 7.39. The molecule has 1 atom stereocenters. The second-order valence-electron chi connectivity index (χ2n) is 5.75. The van der Waals surface area contributed by atoms with Crippen molar-refractivity contribution in [1.82, 2.24) is 9.38 Å². The van der Waals surface area contributed by atoms with Crippen molar-refractivity contribution in [1.29, 1.82) is 0 Å². The average molecular weight is 334 g/mol. The topological polar surface area (TPSA) is 43.6 Å². The van der Waals surface area contributed by atoms with Gasteiger partial charge >= 0.3 is 5.97 Å². The first-order chi connectivity index (χ1) is 11.2. The van der Waals surface area contributed by atoms with Crippen molar-refractivity contribution in [3.63, 3.8) is 0 Å². The van der Waals surface area contributed by atoms with Gasteiger partial charge in [0.05, 0.1) is 13.0 Å². The fraction of sp³-hybridized carbons (Fsp3) is 0.556. The van der Waals surface area contributed by atoms with Crippen molar-refractivity contribution in [2.75, 3.05) is 12.4 Å². The molecular formula is C18H26N2O2S. The summed E-state index contributed by atoms with van der Waals surface area (Å²) in [6, 6.07) is 4.08. The minimum Gasteiger partial charge on any atom is -0.465 e. The van der Waals surface area contributed by atoms with Gasteiger partial charge in [-0.3, -0.25) is 4.79 Å². The number of fused-ring (bicyclic) bond motifs is 1. The molecule has 0 fully saturated rings. The van der Waals surface area contributed by atoms with Gasteiger partial charge in [-0.1, -0.05) is 33.1 Å². The van der Waals surface area contributed by atoms with Crippen LogP contribution >= 0.6 is 11.8 Å². The van der Waals surface area contributed by atoms with Crippen LogP contribution in [0.1, 0.15) is 46.0 Å². The Balaban J connectivity index is 1.67. The number of pyridine rings is 1. The molecule has 2 aromatic heterocycles. The molecular weight excluding hydrogens is 308 g/mol. The van der Waals surface area contributed by atoms with E-state index < -0.39 is 0 Å². The Hall–Kier alpha value is -1.49. The van der Waals surface area contributed by atoms with E-state index in [9.17, 15) is 4.79 Å². The minimum atomic E-state index is -0.0886. The minimum absolute atomic E-state index is 0.0886. The molecule has 0 N–H and O–H groups in total. The van der Waals surface area contributed by atoms with Crippen LogP contribution in [0.5, 0.6) is 0 Å².